The van der Waals surface area contributed by atoms with Crippen LogP contribution in [0.1, 0.15) is 26.5 Å². The van der Waals surface area contributed by atoms with Gasteiger partial charge in [0.15, 0.2) is 0 Å². The van der Waals surface area contributed by atoms with Gasteiger partial charge in [-0.2, -0.15) is 0 Å². The van der Waals surface area contributed by atoms with Crippen molar-refractivity contribution in [3.63, 3.8) is 0 Å². The molecule has 0 saturated carbocycles. The van der Waals surface area contributed by atoms with Crippen LogP contribution in [-0.4, -0.2) is 38.8 Å². The first-order chi connectivity index (χ1) is 11.2. The molecule has 0 aliphatic heterocycles. The molecule has 0 radical (unpaired) electrons. The van der Waals surface area contributed by atoms with E-state index in [-0.39, 0.29) is 6.42 Å². The zero-order valence-corrected chi connectivity index (χ0v) is 15.1. The minimum absolute atomic E-state index is 0.0179. The van der Waals surface area contributed by atoms with E-state index in [1.807, 2.05) is 6.07 Å². The minimum atomic E-state index is -1.16. The zero-order chi connectivity index (χ0) is 17.9. The van der Waals surface area contributed by atoms with Crippen LogP contribution in [0.25, 0.3) is 10.9 Å². The molecule has 2 aromatic rings. The number of alkyl carbamates (subject to hydrolysis) is 1. The molecule has 0 spiro atoms. The molecule has 0 saturated heterocycles. The predicted octanol–water partition coefficient (Wildman–Crippen LogP) is 2.91. The lowest BCUT2D eigenvalue weighted by atomic mass is 10.1. The van der Waals surface area contributed by atoms with E-state index in [0.29, 0.717) is 15.7 Å². The Morgan fingerprint density at radius 3 is 2.71 bits per heavy atom. The SMILES string of the molecule is CC(C)(C)OC(=O)N[C@@H](Cc1ncc(Br)c2ncccc12)C(=O)O. The van der Waals surface area contributed by atoms with Gasteiger partial charge < -0.3 is 15.2 Å². The Balaban J connectivity index is 2.24. The number of amides is 1. The molecular formula is C16H18BrN3O4. The summed E-state index contributed by atoms with van der Waals surface area (Å²) in [5.41, 5.74) is 0.508. The number of aliphatic carboxylic acids is 1. The van der Waals surface area contributed by atoms with Gasteiger partial charge in [0.05, 0.1) is 15.7 Å². The molecule has 1 amide bonds. The van der Waals surface area contributed by atoms with Gasteiger partial charge >= 0.3 is 12.1 Å². The molecule has 0 aliphatic rings. The zero-order valence-electron chi connectivity index (χ0n) is 13.5. The van der Waals surface area contributed by atoms with Crippen molar-refractivity contribution in [3.8, 4) is 0 Å². The summed E-state index contributed by atoms with van der Waals surface area (Å²) in [7, 11) is 0. The smallest absolute Gasteiger partial charge is 0.408 e. The number of nitrogens with zero attached hydrogens (tertiary/aromatic N) is 2. The number of hydrogen-bond acceptors (Lipinski definition) is 5. The Morgan fingerprint density at radius 1 is 1.38 bits per heavy atom. The third-order valence-corrected chi connectivity index (χ3v) is 3.65. The number of hydrogen-bond donors (Lipinski definition) is 2. The van der Waals surface area contributed by atoms with Gasteiger partial charge in [0.25, 0.3) is 0 Å². The van der Waals surface area contributed by atoms with Crippen LogP contribution in [0.4, 0.5) is 4.79 Å². The average molecular weight is 396 g/mol. The van der Waals surface area contributed by atoms with Gasteiger partial charge in [-0.05, 0) is 48.8 Å². The summed E-state index contributed by atoms with van der Waals surface area (Å²) in [5.74, 6) is -1.16. The van der Waals surface area contributed by atoms with E-state index in [9.17, 15) is 14.7 Å². The molecule has 8 heteroatoms. The molecule has 0 fully saturated rings. The first-order valence-electron chi connectivity index (χ1n) is 7.28. The van der Waals surface area contributed by atoms with Gasteiger partial charge in [-0.1, -0.05) is 0 Å². The van der Waals surface area contributed by atoms with Gasteiger partial charge in [0.2, 0.25) is 0 Å². The van der Waals surface area contributed by atoms with E-state index in [0.717, 1.165) is 5.39 Å². The van der Waals surface area contributed by atoms with Crippen molar-refractivity contribution < 1.29 is 19.4 Å². The molecule has 2 aromatic heterocycles. The molecule has 0 unspecified atom stereocenters. The maximum absolute atomic E-state index is 11.8. The number of fused-ring (bicyclic) bond motifs is 1. The number of carbonyl (C=O) groups is 2. The van der Waals surface area contributed by atoms with Crippen molar-refractivity contribution in [1.29, 1.82) is 0 Å². The number of carbonyl (C=O) groups excluding carboxylic acids is 1. The molecule has 0 aliphatic carbocycles. The molecule has 2 N–H and O–H groups in total. The molecule has 128 valence electrons. The highest BCUT2D eigenvalue weighted by Crippen LogP contribution is 2.23. The molecule has 24 heavy (non-hydrogen) atoms. The number of rotatable bonds is 4. The topological polar surface area (TPSA) is 101 Å². The minimum Gasteiger partial charge on any atom is -0.480 e. The summed E-state index contributed by atoms with van der Waals surface area (Å²) in [4.78, 5) is 31.9. The lowest BCUT2D eigenvalue weighted by molar-refractivity contribution is -0.139. The number of carboxylic acids is 1. The second-order valence-electron chi connectivity index (χ2n) is 6.19. The van der Waals surface area contributed by atoms with Crippen molar-refractivity contribution in [2.45, 2.75) is 38.8 Å². The second kappa shape index (κ2) is 7.12. The normalized spacial score (nSPS) is 12.7. The number of carboxylic acid groups (broad SMARTS) is 1. The Kier molecular flexibility index (Phi) is 5.38. The lowest BCUT2D eigenvalue weighted by Crippen LogP contribution is -2.44. The summed E-state index contributed by atoms with van der Waals surface area (Å²) in [6, 6.07) is 2.40. The second-order valence-corrected chi connectivity index (χ2v) is 7.05. The number of pyridine rings is 2. The first-order valence-corrected chi connectivity index (χ1v) is 8.07. The van der Waals surface area contributed by atoms with Crippen LogP contribution in [0.5, 0.6) is 0 Å². The van der Waals surface area contributed by atoms with Crippen LogP contribution in [0.15, 0.2) is 29.0 Å². The first kappa shape index (κ1) is 18.1. The quantitative estimate of drug-likeness (QED) is 0.824. The monoisotopic (exact) mass is 395 g/mol. The fraction of sp³-hybridized carbons (Fsp3) is 0.375. The van der Waals surface area contributed by atoms with Crippen LogP contribution in [0.2, 0.25) is 0 Å². The summed E-state index contributed by atoms with van der Waals surface area (Å²) >= 11 is 3.37. The van der Waals surface area contributed by atoms with Crippen molar-refractivity contribution in [2.24, 2.45) is 0 Å². The number of nitrogens with one attached hydrogen (secondary N) is 1. The number of halogens is 1. The summed E-state index contributed by atoms with van der Waals surface area (Å²) < 4.78 is 5.83. The number of ether oxygens (including phenoxy) is 1. The van der Waals surface area contributed by atoms with E-state index in [1.165, 1.54) is 0 Å². The van der Waals surface area contributed by atoms with Crippen molar-refractivity contribution in [2.75, 3.05) is 0 Å². The predicted molar refractivity (Wildman–Crippen MR) is 91.7 cm³/mol. The summed E-state index contributed by atoms with van der Waals surface area (Å²) in [6.45, 7) is 5.12. The van der Waals surface area contributed by atoms with Crippen LogP contribution >= 0.6 is 15.9 Å². The number of aromatic nitrogens is 2. The largest absolute Gasteiger partial charge is 0.480 e. The van der Waals surface area contributed by atoms with Gasteiger partial charge in [-0.25, -0.2) is 9.59 Å². The third kappa shape index (κ3) is 4.64. The van der Waals surface area contributed by atoms with Crippen molar-refractivity contribution in [1.82, 2.24) is 15.3 Å². The van der Waals surface area contributed by atoms with Gasteiger partial charge in [0.1, 0.15) is 11.6 Å². The van der Waals surface area contributed by atoms with E-state index in [1.54, 1.807) is 39.2 Å². The van der Waals surface area contributed by atoms with E-state index in [4.69, 9.17) is 4.74 Å². The highest BCUT2D eigenvalue weighted by Gasteiger charge is 2.25. The maximum atomic E-state index is 11.8. The highest BCUT2D eigenvalue weighted by molar-refractivity contribution is 9.10. The fourth-order valence-corrected chi connectivity index (χ4v) is 2.52. The average Bonchev–Trinajstić information content (AvgIpc) is 2.47. The maximum Gasteiger partial charge on any atom is 0.408 e. The molecule has 1 atom stereocenters. The Morgan fingerprint density at radius 2 is 2.08 bits per heavy atom. The Hall–Kier alpha value is -2.22. The van der Waals surface area contributed by atoms with Crippen molar-refractivity contribution >= 4 is 38.9 Å². The van der Waals surface area contributed by atoms with Crippen molar-refractivity contribution in [3.05, 3.63) is 34.7 Å². The molecule has 0 aromatic carbocycles. The van der Waals surface area contributed by atoms with Crippen LogP contribution < -0.4 is 5.32 Å². The Bertz CT molecular complexity index is 773. The van der Waals surface area contributed by atoms with Crippen LogP contribution in [0.3, 0.4) is 0 Å². The van der Waals surface area contributed by atoms with E-state index < -0.39 is 23.7 Å². The molecule has 2 heterocycles. The van der Waals surface area contributed by atoms with Crippen LogP contribution in [-0.2, 0) is 16.0 Å². The fourth-order valence-electron chi connectivity index (χ4n) is 2.10. The molecule has 2 rings (SSSR count). The highest BCUT2D eigenvalue weighted by atomic mass is 79.9. The lowest BCUT2D eigenvalue weighted by Gasteiger charge is -2.22. The molecular weight excluding hydrogens is 378 g/mol. The van der Waals surface area contributed by atoms with Gasteiger partial charge in [-0.15, -0.1) is 0 Å². The molecule has 7 nitrogen and oxygen atoms in total. The van der Waals surface area contributed by atoms with E-state index >= 15 is 0 Å². The van der Waals surface area contributed by atoms with Gasteiger partial charge in [-0.3, -0.25) is 9.97 Å². The van der Waals surface area contributed by atoms with E-state index in [2.05, 4.69) is 31.2 Å². The molecule has 0 bridgehead atoms. The van der Waals surface area contributed by atoms with Gasteiger partial charge in [0, 0.05) is 24.2 Å². The summed E-state index contributed by atoms with van der Waals surface area (Å²) in [6.07, 6.45) is 2.44. The summed E-state index contributed by atoms with van der Waals surface area (Å²) in [5, 5.41) is 12.5. The third-order valence-electron chi connectivity index (χ3n) is 3.07. The van der Waals surface area contributed by atoms with Crippen LogP contribution in [0, 0.1) is 0 Å². The standard InChI is InChI=1S/C16H18BrN3O4/c1-16(2,3)24-15(23)20-12(14(21)22)7-11-9-5-4-6-18-13(9)10(17)8-19-11/h4-6,8,12H,7H2,1-3H3,(H,20,23)(H,21,22)/t12-/m0/s1. The Labute approximate surface area is 147 Å².